The number of aliphatic hydroxyl groups excluding tert-OH is 1. The molecule has 2 unspecified atom stereocenters. The van der Waals surface area contributed by atoms with Crippen molar-refractivity contribution in [2.45, 2.75) is 49.6 Å². The molecule has 2 fully saturated rings. The number of rotatable bonds is 3. The van der Waals surface area contributed by atoms with Gasteiger partial charge in [-0.1, -0.05) is 24.1 Å². The summed E-state index contributed by atoms with van der Waals surface area (Å²) in [6.07, 6.45) is 5.29. The molecule has 1 saturated heterocycles. The number of sulfonamides is 1. The standard InChI is InChI=1S/C15H20ClNO3S/c16-14-9-13(7-6-12(14)10-18)21(19,20)17-8-2-4-11-3-1-5-15(11)17/h6-7,9,11,15,18H,1-5,8,10H2. The van der Waals surface area contributed by atoms with Gasteiger partial charge in [-0.15, -0.1) is 0 Å². The fourth-order valence-electron chi connectivity index (χ4n) is 3.66. The van der Waals surface area contributed by atoms with Gasteiger partial charge >= 0.3 is 0 Å². The lowest BCUT2D eigenvalue weighted by molar-refractivity contribution is 0.202. The fourth-order valence-corrected chi connectivity index (χ4v) is 5.74. The monoisotopic (exact) mass is 329 g/mol. The molecule has 2 aliphatic rings. The summed E-state index contributed by atoms with van der Waals surface area (Å²) in [5, 5.41) is 9.44. The lowest BCUT2D eigenvalue weighted by atomic mass is 9.94. The quantitative estimate of drug-likeness (QED) is 0.927. The van der Waals surface area contributed by atoms with E-state index in [-0.39, 0.29) is 17.5 Å². The van der Waals surface area contributed by atoms with Crippen LogP contribution in [0.1, 0.15) is 37.7 Å². The minimum atomic E-state index is -3.50. The summed E-state index contributed by atoms with van der Waals surface area (Å²) in [6, 6.07) is 4.75. The van der Waals surface area contributed by atoms with Crippen molar-refractivity contribution >= 4 is 21.6 Å². The molecule has 1 aliphatic heterocycles. The molecule has 6 heteroatoms. The first kappa shape index (κ1) is 15.3. The molecule has 1 saturated carbocycles. The molecule has 21 heavy (non-hydrogen) atoms. The van der Waals surface area contributed by atoms with Gasteiger partial charge in [0.1, 0.15) is 0 Å². The Hall–Kier alpha value is -0.620. The van der Waals surface area contributed by atoms with E-state index in [0.717, 1.165) is 32.1 Å². The lowest BCUT2D eigenvalue weighted by Crippen LogP contribution is -2.46. The van der Waals surface area contributed by atoms with Crippen LogP contribution in [0.2, 0.25) is 5.02 Å². The molecule has 0 aromatic heterocycles. The van der Waals surface area contributed by atoms with Crippen molar-refractivity contribution in [1.29, 1.82) is 0 Å². The zero-order valence-corrected chi connectivity index (χ0v) is 13.4. The minimum Gasteiger partial charge on any atom is -0.392 e. The molecule has 0 amide bonds. The Bertz CT molecular complexity index is 632. The highest BCUT2D eigenvalue weighted by Crippen LogP contribution is 2.39. The van der Waals surface area contributed by atoms with Crippen LogP contribution < -0.4 is 0 Å². The Morgan fingerprint density at radius 3 is 2.71 bits per heavy atom. The number of hydrogen-bond acceptors (Lipinski definition) is 3. The number of benzene rings is 1. The maximum Gasteiger partial charge on any atom is 0.243 e. The zero-order valence-electron chi connectivity index (χ0n) is 11.8. The third kappa shape index (κ3) is 2.72. The SMILES string of the molecule is O=S(=O)(c1ccc(CO)c(Cl)c1)N1CCCC2CCCC21. The minimum absolute atomic E-state index is 0.153. The second-order valence-corrected chi connectivity index (χ2v) is 8.23. The second-order valence-electron chi connectivity index (χ2n) is 5.93. The van der Waals surface area contributed by atoms with E-state index in [1.165, 1.54) is 6.07 Å². The Kier molecular flexibility index (Phi) is 4.28. The van der Waals surface area contributed by atoms with Crippen LogP contribution in [0.25, 0.3) is 0 Å². The summed E-state index contributed by atoms with van der Waals surface area (Å²) in [4.78, 5) is 0.234. The first-order valence-corrected chi connectivity index (χ1v) is 9.27. The highest BCUT2D eigenvalue weighted by molar-refractivity contribution is 7.89. The van der Waals surface area contributed by atoms with Crippen LogP contribution in [0.4, 0.5) is 0 Å². The Morgan fingerprint density at radius 1 is 1.24 bits per heavy atom. The van der Waals surface area contributed by atoms with Crippen LogP contribution >= 0.6 is 11.6 Å². The third-order valence-corrected chi connectivity index (χ3v) is 7.02. The van der Waals surface area contributed by atoms with Gasteiger partial charge in [0.05, 0.1) is 11.5 Å². The molecule has 0 bridgehead atoms. The lowest BCUT2D eigenvalue weighted by Gasteiger charge is -2.36. The average molecular weight is 330 g/mol. The van der Waals surface area contributed by atoms with E-state index >= 15 is 0 Å². The van der Waals surface area contributed by atoms with E-state index < -0.39 is 10.0 Å². The molecule has 1 aromatic carbocycles. The molecular weight excluding hydrogens is 310 g/mol. The van der Waals surface area contributed by atoms with Gasteiger partial charge in [0, 0.05) is 17.6 Å². The first-order chi connectivity index (χ1) is 10.0. The predicted octanol–water partition coefficient (Wildman–Crippen LogP) is 2.79. The van der Waals surface area contributed by atoms with Gasteiger partial charge in [-0.2, -0.15) is 4.31 Å². The van der Waals surface area contributed by atoms with E-state index in [1.807, 2.05) is 0 Å². The van der Waals surface area contributed by atoms with Crippen LogP contribution in [0.15, 0.2) is 23.1 Å². The molecule has 3 rings (SSSR count). The maximum atomic E-state index is 12.9. The summed E-state index contributed by atoms with van der Waals surface area (Å²) in [5.41, 5.74) is 0.549. The molecule has 1 aromatic rings. The van der Waals surface area contributed by atoms with Gasteiger partial charge in [0.25, 0.3) is 0 Å². The van der Waals surface area contributed by atoms with Gasteiger partial charge in [0.15, 0.2) is 0 Å². The van der Waals surface area contributed by atoms with E-state index in [9.17, 15) is 8.42 Å². The molecule has 0 spiro atoms. The van der Waals surface area contributed by atoms with E-state index in [4.69, 9.17) is 16.7 Å². The van der Waals surface area contributed by atoms with Crippen molar-refractivity contribution in [2.75, 3.05) is 6.54 Å². The van der Waals surface area contributed by atoms with Gasteiger partial charge in [-0.05, 0) is 49.3 Å². The zero-order chi connectivity index (χ0) is 15.0. The largest absolute Gasteiger partial charge is 0.392 e. The molecule has 4 nitrogen and oxygen atoms in total. The molecule has 1 aliphatic carbocycles. The number of fused-ring (bicyclic) bond motifs is 1. The topological polar surface area (TPSA) is 57.6 Å². The first-order valence-electron chi connectivity index (χ1n) is 7.45. The van der Waals surface area contributed by atoms with Gasteiger partial charge < -0.3 is 5.11 Å². The van der Waals surface area contributed by atoms with Crippen LogP contribution in [0.5, 0.6) is 0 Å². The van der Waals surface area contributed by atoms with Crippen molar-refractivity contribution in [3.63, 3.8) is 0 Å². The predicted molar refractivity (Wildman–Crippen MR) is 81.6 cm³/mol. The number of aliphatic hydroxyl groups is 1. The Balaban J connectivity index is 1.94. The second kappa shape index (κ2) is 5.88. The van der Waals surface area contributed by atoms with E-state index in [1.54, 1.807) is 16.4 Å². The highest BCUT2D eigenvalue weighted by atomic mass is 35.5. The summed E-state index contributed by atoms with van der Waals surface area (Å²) in [6.45, 7) is 0.413. The number of piperidine rings is 1. The van der Waals surface area contributed by atoms with Gasteiger partial charge in [0.2, 0.25) is 10.0 Å². The maximum absolute atomic E-state index is 12.9. The Morgan fingerprint density at radius 2 is 2.00 bits per heavy atom. The van der Waals surface area contributed by atoms with Crippen LogP contribution in [0.3, 0.4) is 0 Å². The molecule has 0 radical (unpaired) electrons. The van der Waals surface area contributed by atoms with Gasteiger partial charge in [-0.25, -0.2) is 8.42 Å². The van der Waals surface area contributed by atoms with Crippen molar-refractivity contribution < 1.29 is 13.5 Å². The molecule has 1 heterocycles. The summed E-state index contributed by atoms with van der Waals surface area (Å²) in [7, 11) is -3.50. The summed E-state index contributed by atoms with van der Waals surface area (Å²) >= 11 is 6.04. The van der Waals surface area contributed by atoms with Gasteiger partial charge in [-0.3, -0.25) is 0 Å². The number of nitrogens with zero attached hydrogens (tertiary/aromatic N) is 1. The highest BCUT2D eigenvalue weighted by Gasteiger charge is 2.41. The summed E-state index contributed by atoms with van der Waals surface area (Å²) < 4.78 is 27.5. The normalized spacial score (nSPS) is 26.8. The number of hydrogen-bond donors (Lipinski definition) is 1. The molecule has 116 valence electrons. The van der Waals surface area contributed by atoms with Crippen LogP contribution in [-0.2, 0) is 16.6 Å². The Labute approximate surface area is 130 Å². The van der Waals surface area contributed by atoms with Crippen LogP contribution in [-0.4, -0.2) is 30.4 Å². The van der Waals surface area contributed by atoms with E-state index in [2.05, 4.69) is 0 Å². The molecule has 1 N–H and O–H groups in total. The third-order valence-electron chi connectivity index (χ3n) is 4.74. The molecule has 2 atom stereocenters. The molecular formula is C15H20ClNO3S. The summed E-state index contributed by atoms with van der Waals surface area (Å²) in [5.74, 6) is 0.515. The smallest absolute Gasteiger partial charge is 0.243 e. The van der Waals surface area contributed by atoms with Crippen molar-refractivity contribution in [3.05, 3.63) is 28.8 Å². The van der Waals surface area contributed by atoms with E-state index in [0.29, 0.717) is 23.0 Å². The van der Waals surface area contributed by atoms with Crippen molar-refractivity contribution in [1.82, 2.24) is 4.31 Å². The van der Waals surface area contributed by atoms with Crippen molar-refractivity contribution in [3.8, 4) is 0 Å². The average Bonchev–Trinajstić information content (AvgIpc) is 2.95. The van der Waals surface area contributed by atoms with Crippen LogP contribution in [0, 0.1) is 5.92 Å². The number of halogens is 1. The fraction of sp³-hybridized carbons (Fsp3) is 0.600. The van der Waals surface area contributed by atoms with Crippen molar-refractivity contribution in [2.24, 2.45) is 5.92 Å².